The first kappa shape index (κ1) is 21.9. The van der Waals surface area contributed by atoms with E-state index >= 15 is 0 Å². The minimum Gasteiger partial charge on any atom is -0.341 e. The number of rotatable bonds is 5. The monoisotopic (exact) mass is 449 g/mol. The van der Waals surface area contributed by atoms with Gasteiger partial charge >= 0.3 is 0 Å². The lowest BCUT2D eigenvalue weighted by Crippen LogP contribution is -2.43. The molecule has 0 radical (unpaired) electrons. The molecule has 2 atom stereocenters. The number of terminal acetylenes is 1. The van der Waals surface area contributed by atoms with Crippen LogP contribution in [0.4, 0.5) is 0 Å². The number of carbonyl (C=O) groups excluding carboxylic acids is 2. The van der Waals surface area contributed by atoms with Crippen molar-refractivity contribution >= 4 is 56.7 Å². The lowest BCUT2D eigenvalue weighted by atomic mass is 9.92. The normalized spacial score (nSPS) is 20.1. The summed E-state index contributed by atoms with van der Waals surface area (Å²) in [5.41, 5.74) is 0.903. The Morgan fingerprint density at radius 1 is 1.31 bits per heavy atom. The second-order valence-electron chi connectivity index (χ2n) is 7.53. The van der Waals surface area contributed by atoms with Gasteiger partial charge in [-0.05, 0) is 36.5 Å². The second-order valence-corrected chi connectivity index (χ2v) is 9.96. The van der Waals surface area contributed by atoms with E-state index in [1.54, 1.807) is 6.07 Å². The van der Waals surface area contributed by atoms with Crippen LogP contribution in [0.1, 0.15) is 20.3 Å². The van der Waals surface area contributed by atoms with E-state index in [2.05, 4.69) is 24.8 Å². The molecule has 1 aliphatic rings. The number of thioether (sulfide) groups is 1. The Morgan fingerprint density at radius 2 is 2.03 bits per heavy atom. The van der Waals surface area contributed by atoms with E-state index in [-0.39, 0.29) is 17.6 Å². The van der Waals surface area contributed by atoms with Gasteiger partial charge in [0.15, 0.2) is 4.80 Å². The molecule has 0 bridgehead atoms. The fourth-order valence-corrected chi connectivity index (χ4v) is 5.72. The topological polar surface area (TPSA) is 54.7 Å². The highest BCUT2D eigenvalue weighted by atomic mass is 35.5. The summed E-state index contributed by atoms with van der Waals surface area (Å²) in [6, 6.07) is 5.51. The summed E-state index contributed by atoms with van der Waals surface area (Å²) >= 11 is 8.76. The molecule has 2 unspecified atom stereocenters. The van der Waals surface area contributed by atoms with Crippen molar-refractivity contribution in [1.29, 1.82) is 0 Å². The molecule has 2 aromatic rings. The molecule has 1 aromatic heterocycles. The first-order valence-corrected chi connectivity index (χ1v) is 11.9. The van der Waals surface area contributed by atoms with Crippen LogP contribution in [0.5, 0.6) is 0 Å². The summed E-state index contributed by atoms with van der Waals surface area (Å²) < 4.78 is 2.76. The van der Waals surface area contributed by atoms with E-state index in [1.807, 2.05) is 21.6 Å². The number of hydrogen-bond donors (Lipinski definition) is 0. The third-order valence-corrected chi connectivity index (χ3v) is 6.97. The van der Waals surface area contributed by atoms with Crippen LogP contribution in [0.25, 0.3) is 10.2 Å². The average Bonchev–Trinajstić information content (AvgIpc) is 2.97. The largest absolute Gasteiger partial charge is 0.341 e. The molecular formula is C21H24ClN3O2S2. The van der Waals surface area contributed by atoms with E-state index < -0.39 is 0 Å². The Balaban J connectivity index is 1.64. The second kappa shape index (κ2) is 9.84. The average molecular weight is 450 g/mol. The smallest absolute Gasteiger partial charge is 0.258 e. The standard InChI is InChI=1S/C21H24ClN3O2S2/c1-4-7-25-17-6-5-16(22)9-18(17)29-21(25)23-19(26)12-28-13-20(27)24-10-14(2)8-15(3)11-24/h1,5-6,9,14-15H,7-8,10-13H2,2-3H3. The predicted molar refractivity (Wildman–Crippen MR) is 121 cm³/mol. The Hall–Kier alpha value is -1.75. The zero-order valence-electron chi connectivity index (χ0n) is 16.6. The Kier molecular flexibility index (Phi) is 7.44. The van der Waals surface area contributed by atoms with Crippen molar-refractivity contribution in [3.8, 4) is 12.3 Å². The van der Waals surface area contributed by atoms with Crippen LogP contribution < -0.4 is 4.80 Å². The quantitative estimate of drug-likeness (QED) is 0.654. The van der Waals surface area contributed by atoms with Crippen LogP contribution >= 0.6 is 34.7 Å². The van der Waals surface area contributed by atoms with Gasteiger partial charge in [-0.15, -0.1) is 18.2 Å². The lowest BCUT2D eigenvalue weighted by Gasteiger charge is -2.35. The van der Waals surface area contributed by atoms with Crippen molar-refractivity contribution in [3.63, 3.8) is 0 Å². The van der Waals surface area contributed by atoms with E-state index in [0.29, 0.717) is 34.0 Å². The maximum Gasteiger partial charge on any atom is 0.258 e. The fraction of sp³-hybridized carbons (Fsp3) is 0.476. The van der Waals surface area contributed by atoms with Crippen molar-refractivity contribution < 1.29 is 9.59 Å². The van der Waals surface area contributed by atoms with Gasteiger partial charge in [-0.1, -0.05) is 42.7 Å². The van der Waals surface area contributed by atoms with Gasteiger partial charge in [-0.25, -0.2) is 0 Å². The molecule has 0 aliphatic carbocycles. The zero-order chi connectivity index (χ0) is 21.0. The summed E-state index contributed by atoms with van der Waals surface area (Å²) in [6.07, 6.45) is 6.64. The number of nitrogens with zero attached hydrogens (tertiary/aromatic N) is 3. The molecule has 2 heterocycles. The lowest BCUT2D eigenvalue weighted by molar-refractivity contribution is -0.130. The third kappa shape index (κ3) is 5.65. The molecule has 29 heavy (non-hydrogen) atoms. The number of benzene rings is 1. The van der Waals surface area contributed by atoms with Crippen LogP contribution in [0.15, 0.2) is 23.2 Å². The van der Waals surface area contributed by atoms with Crippen molar-refractivity contribution in [2.75, 3.05) is 24.6 Å². The van der Waals surface area contributed by atoms with E-state index in [9.17, 15) is 9.59 Å². The number of amides is 2. The predicted octanol–water partition coefficient (Wildman–Crippen LogP) is 3.65. The van der Waals surface area contributed by atoms with Gasteiger partial charge in [0.25, 0.3) is 5.91 Å². The number of hydrogen-bond acceptors (Lipinski definition) is 4. The molecule has 1 fully saturated rings. The Labute approximate surface area is 184 Å². The molecule has 1 aromatic carbocycles. The molecule has 3 rings (SSSR count). The Bertz CT molecular complexity index is 1010. The SMILES string of the molecule is C#CCn1c(=NC(=O)CSCC(=O)N2CC(C)CC(C)C2)sc2cc(Cl)ccc21. The molecule has 8 heteroatoms. The van der Waals surface area contributed by atoms with Gasteiger partial charge in [0, 0.05) is 18.1 Å². The molecule has 0 saturated carbocycles. The summed E-state index contributed by atoms with van der Waals surface area (Å²) in [6.45, 7) is 6.28. The molecule has 154 valence electrons. The molecule has 0 N–H and O–H groups in total. The number of carbonyl (C=O) groups is 2. The maximum atomic E-state index is 12.4. The number of halogens is 1. The maximum absolute atomic E-state index is 12.4. The van der Waals surface area contributed by atoms with E-state index in [1.165, 1.54) is 23.1 Å². The Morgan fingerprint density at radius 3 is 2.72 bits per heavy atom. The molecule has 2 amide bonds. The third-order valence-electron chi connectivity index (χ3n) is 4.79. The molecular weight excluding hydrogens is 426 g/mol. The number of likely N-dealkylation sites (tertiary alicyclic amines) is 1. The van der Waals surface area contributed by atoms with Gasteiger partial charge < -0.3 is 9.47 Å². The van der Waals surface area contributed by atoms with Crippen LogP contribution in [0.3, 0.4) is 0 Å². The first-order chi connectivity index (χ1) is 13.9. The van der Waals surface area contributed by atoms with Crippen LogP contribution in [-0.2, 0) is 16.1 Å². The highest BCUT2D eigenvalue weighted by molar-refractivity contribution is 8.00. The highest BCUT2D eigenvalue weighted by Crippen LogP contribution is 2.23. The van der Waals surface area contributed by atoms with Crippen LogP contribution in [0.2, 0.25) is 5.02 Å². The summed E-state index contributed by atoms with van der Waals surface area (Å²) in [5.74, 6) is 3.94. The van der Waals surface area contributed by atoms with Crippen molar-refractivity contribution in [3.05, 3.63) is 28.0 Å². The van der Waals surface area contributed by atoms with Gasteiger partial charge in [-0.3, -0.25) is 9.59 Å². The summed E-state index contributed by atoms with van der Waals surface area (Å²) in [7, 11) is 0. The number of piperidine rings is 1. The van der Waals surface area contributed by atoms with Crippen LogP contribution in [0, 0.1) is 24.2 Å². The summed E-state index contributed by atoms with van der Waals surface area (Å²) in [5, 5.41) is 0.625. The highest BCUT2D eigenvalue weighted by Gasteiger charge is 2.25. The zero-order valence-corrected chi connectivity index (χ0v) is 18.9. The number of thiazole rings is 1. The summed E-state index contributed by atoms with van der Waals surface area (Å²) in [4.78, 5) is 31.5. The van der Waals surface area contributed by atoms with Gasteiger partial charge in [-0.2, -0.15) is 4.99 Å². The number of fused-ring (bicyclic) bond motifs is 1. The van der Waals surface area contributed by atoms with E-state index in [4.69, 9.17) is 18.0 Å². The van der Waals surface area contributed by atoms with Gasteiger partial charge in [0.1, 0.15) is 0 Å². The minimum atomic E-state index is -0.272. The van der Waals surface area contributed by atoms with Gasteiger partial charge in [0.05, 0.1) is 28.3 Å². The van der Waals surface area contributed by atoms with Crippen molar-refractivity contribution in [1.82, 2.24) is 9.47 Å². The van der Waals surface area contributed by atoms with Crippen molar-refractivity contribution in [2.45, 2.75) is 26.8 Å². The first-order valence-electron chi connectivity index (χ1n) is 9.52. The minimum absolute atomic E-state index is 0.0973. The molecule has 1 saturated heterocycles. The van der Waals surface area contributed by atoms with Crippen molar-refractivity contribution in [2.24, 2.45) is 16.8 Å². The number of aromatic nitrogens is 1. The van der Waals surface area contributed by atoms with E-state index in [0.717, 1.165) is 29.7 Å². The molecule has 0 spiro atoms. The molecule has 5 nitrogen and oxygen atoms in total. The van der Waals surface area contributed by atoms with Crippen LogP contribution in [-0.4, -0.2) is 45.9 Å². The fourth-order valence-electron chi connectivity index (χ4n) is 3.70. The van der Waals surface area contributed by atoms with Gasteiger partial charge in [0.2, 0.25) is 5.91 Å². The molecule has 1 aliphatic heterocycles.